The summed E-state index contributed by atoms with van der Waals surface area (Å²) < 4.78 is 121. The summed E-state index contributed by atoms with van der Waals surface area (Å²) in [7, 11) is 0. The monoisotopic (exact) mass is 691 g/mol. The second-order valence-corrected chi connectivity index (χ2v) is 17.6. The molecular formula is C48H53F2N. The number of rotatable bonds is 5. The number of hydrogen-bond donors (Lipinski definition) is 0. The lowest BCUT2D eigenvalue weighted by Gasteiger charge is -2.44. The number of nitrogens with zero attached hydrogens (tertiary/aromatic N) is 1. The van der Waals surface area contributed by atoms with E-state index in [4.69, 9.17) is 13.7 Å². The second kappa shape index (κ2) is 11.1. The SMILES string of the molecule is [2H]c1c([2H])c([2H])c(N(c2cc(-c3cc(F)c4c(c3)C(C)(C)C(C)(C)C4(C)C)cc(-c3cc(F)c4c(c3)C(C)(C)C(C)(C)C4(C)C)c2)c2c([2H])c([2H])c([2H])c([2H])c2[2H])c([2H])c1[2H]. The minimum Gasteiger partial charge on any atom is -0.310 e. The largest absolute Gasteiger partial charge is 0.310 e. The van der Waals surface area contributed by atoms with Gasteiger partial charge in [-0.25, -0.2) is 8.78 Å². The molecule has 0 heterocycles. The normalized spacial score (nSPS) is 22.5. The van der Waals surface area contributed by atoms with Crippen LogP contribution in [0.15, 0.2) is 103 Å². The summed E-state index contributed by atoms with van der Waals surface area (Å²) in [4.78, 5) is 1.09. The molecule has 0 atom stereocenters. The third-order valence-corrected chi connectivity index (χ3v) is 14.3. The van der Waals surface area contributed by atoms with Gasteiger partial charge in [0.25, 0.3) is 0 Å². The number of fused-ring (bicyclic) bond motifs is 2. The number of benzene rings is 5. The maximum atomic E-state index is 16.9. The van der Waals surface area contributed by atoms with Crippen LogP contribution in [0.3, 0.4) is 0 Å². The van der Waals surface area contributed by atoms with Crippen molar-refractivity contribution in [1.82, 2.24) is 0 Å². The Balaban J connectivity index is 1.65. The van der Waals surface area contributed by atoms with Crippen LogP contribution in [0.1, 0.15) is 119 Å². The lowest BCUT2D eigenvalue weighted by Crippen LogP contribution is -2.42. The molecule has 0 radical (unpaired) electrons. The zero-order valence-corrected chi connectivity index (χ0v) is 31.7. The van der Waals surface area contributed by atoms with E-state index in [9.17, 15) is 0 Å². The van der Waals surface area contributed by atoms with E-state index in [-0.39, 0.29) is 16.5 Å². The number of para-hydroxylation sites is 2. The van der Waals surface area contributed by atoms with Gasteiger partial charge in [0, 0.05) is 17.1 Å². The molecule has 0 unspecified atom stereocenters. The molecule has 7 rings (SSSR count). The minimum atomic E-state index is -0.703. The molecule has 0 spiro atoms. The lowest BCUT2D eigenvalue weighted by atomic mass is 9.59. The van der Waals surface area contributed by atoms with E-state index < -0.39 is 105 Å². The average Bonchev–Trinajstić information content (AvgIpc) is 3.36. The minimum absolute atomic E-state index is 0.0335. The van der Waals surface area contributed by atoms with E-state index >= 15 is 8.78 Å². The van der Waals surface area contributed by atoms with E-state index in [1.807, 2.05) is 39.8 Å². The predicted octanol–water partition coefficient (Wildman–Crippen LogP) is 14.0. The molecule has 5 aromatic rings. The van der Waals surface area contributed by atoms with E-state index in [1.165, 1.54) is 12.1 Å². The van der Waals surface area contributed by atoms with Gasteiger partial charge in [0.1, 0.15) is 11.6 Å². The smallest absolute Gasteiger partial charge is 0.127 e. The molecule has 0 amide bonds. The highest BCUT2D eigenvalue weighted by molar-refractivity contribution is 5.85. The Hall–Kier alpha value is -4.24. The van der Waals surface area contributed by atoms with Gasteiger partial charge in [0.15, 0.2) is 0 Å². The summed E-state index contributed by atoms with van der Waals surface area (Å²) in [5, 5.41) is 0. The van der Waals surface area contributed by atoms with Crippen LogP contribution in [0.4, 0.5) is 25.8 Å². The van der Waals surface area contributed by atoms with Crippen LogP contribution in [-0.2, 0) is 21.7 Å². The number of halogens is 2. The van der Waals surface area contributed by atoms with Crippen molar-refractivity contribution in [3.8, 4) is 22.3 Å². The fraction of sp³-hybridized carbons (Fsp3) is 0.375. The van der Waals surface area contributed by atoms with Crippen molar-refractivity contribution in [2.75, 3.05) is 4.90 Å². The topological polar surface area (TPSA) is 3.24 Å². The van der Waals surface area contributed by atoms with Crippen molar-refractivity contribution in [3.63, 3.8) is 0 Å². The standard InChI is InChI=1S/C48H53F2N/c1-43(2)37-26-32(28-39(49)41(37)45(5,6)47(43,9)10)30-23-31(33-27-38-42(40(50)29-33)46(7,8)48(11,12)44(38,3)4)25-36(24-30)51(34-19-15-13-16-20-34)35-21-17-14-18-22-35/h13-29H,1-12H3/i13D,14D,15D,16D,17D,18D,19D,20D,21D,22D. The van der Waals surface area contributed by atoms with Crippen molar-refractivity contribution >= 4 is 17.1 Å². The van der Waals surface area contributed by atoms with E-state index in [1.54, 1.807) is 18.2 Å². The summed E-state index contributed by atoms with van der Waals surface area (Å²) >= 11 is 0. The van der Waals surface area contributed by atoms with Crippen LogP contribution < -0.4 is 4.90 Å². The molecule has 264 valence electrons. The maximum Gasteiger partial charge on any atom is 0.127 e. The Morgan fingerprint density at radius 3 is 1.10 bits per heavy atom. The van der Waals surface area contributed by atoms with Gasteiger partial charge in [-0.3, -0.25) is 0 Å². The fourth-order valence-corrected chi connectivity index (χ4v) is 8.82. The number of hydrogen-bond acceptors (Lipinski definition) is 1. The lowest BCUT2D eigenvalue weighted by molar-refractivity contribution is 0.123. The molecule has 0 fully saturated rings. The summed E-state index contributed by atoms with van der Waals surface area (Å²) in [6.07, 6.45) is 0. The van der Waals surface area contributed by atoms with Crippen molar-refractivity contribution in [2.24, 2.45) is 10.8 Å². The molecule has 3 heteroatoms. The first-order chi connectivity index (χ1) is 27.8. The van der Waals surface area contributed by atoms with Crippen LogP contribution in [0.5, 0.6) is 0 Å². The molecule has 0 aliphatic heterocycles. The molecule has 51 heavy (non-hydrogen) atoms. The highest BCUT2D eigenvalue weighted by Gasteiger charge is 2.59. The van der Waals surface area contributed by atoms with Gasteiger partial charge in [0.05, 0.1) is 13.7 Å². The molecule has 0 saturated heterocycles. The van der Waals surface area contributed by atoms with Gasteiger partial charge >= 0.3 is 0 Å². The zero-order valence-electron chi connectivity index (χ0n) is 41.7. The number of anilines is 3. The molecule has 1 nitrogen and oxygen atoms in total. The van der Waals surface area contributed by atoms with Crippen LogP contribution >= 0.6 is 0 Å². The van der Waals surface area contributed by atoms with Gasteiger partial charge in [-0.15, -0.1) is 0 Å². The van der Waals surface area contributed by atoms with Gasteiger partial charge in [-0.1, -0.05) is 131 Å². The average molecular weight is 692 g/mol. The Bertz CT molecular complexity index is 2510. The summed E-state index contributed by atoms with van der Waals surface area (Å²) in [5.74, 6) is -0.850. The first-order valence-corrected chi connectivity index (χ1v) is 17.6. The first kappa shape index (κ1) is 24.9. The van der Waals surface area contributed by atoms with Gasteiger partial charge < -0.3 is 4.90 Å². The summed E-state index contributed by atoms with van der Waals surface area (Å²) in [5.41, 5.74) is 0.645. The highest BCUT2D eigenvalue weighted by atomic mass is 19.1. The van der Waals surface area contributed by atoms with Crippen molar-refractivity contribution < 1.29 is 22.5 Å². The quantitative estimate of drug-likeness (QED) is 0.177. The van der Waals surface area contributed by atoms with Gasteiger partial charge in [0.2, 0.25) is 0 Å². The van der Waals surface area contributed by atoms with Gasteiger partial charge in [-0.05, 0) is 131 Å². The predicted molar refractivity (Wildman–Crippen MR) is 212 cm³/mol. The Labute approximate surface area is 318 Å². The molecule has 0 aromatic heterocycles. The van der Waals surface area contributed by atoms with Crippen LogP contribution in [-0.4, -0.2) is 0 Å². The second-order valence-electron chi connectivity index (χ2n) is 17.6. The van der Waals surface area contributed by atoms with E-state index in [0.29, 0.717) is 33.4 Å². The van der Waals surface area contributed by atoms with Crippen molar-refractivity contribution in [2.45, 2.75) is 105 Å². The van der Waals surface area contributed by atoms with Crippen LogP contribution in [0.2, 0.25) is 0 Å². The first-order valence-electron chi connectivity index (χ1n) is 22.6. The Morgan fingerprint density at radius 1 is 0.412 bits per heavy atom. The van der Waals surface area contributed by atoms with E-state index in [2.05, 4.69) is 55.4 Å². The zero-order chi connectivity index (χ0) is 45.8. The Kier molecular flexibility index (Phi) is 5.42. The maximum absolute atomic E-state index is 16.9. The molecule has 2 aliphatic rings. The Morgan fingerprint density at radius 2 is 0.745 bits per heavy atom. The summed E-state index contributed by atoms with van der Waals surface area (Å²) in [6, 6.07) is 4.80. The molecule has 2 aliphatic carbocycles. The van der Waals surface area contributed by atoms with Crippen molar-refractivity contribution in [3.05, 3.63) is 137 Å². The molecular weight excluding hydrogens is 629 g/mol. The van der Waals surface area contributed by atoms with Crippen molar-refractivity contribution in [1.29, 1.82) is 0 Å². The fourth-order valence-electron chi connectivity index (χ4n) is 8.82. The highest BCUT2D eigenvalue weighted by Crippen LogP contribution is 2.64. The molecule has 5 aromatic carbocycles. The van der Waals surface area contributed by atoms with Crippen LogP contribution in [0, 0.1) is 22.5 Å². The van der Waals surface area contributed by atoms with E-state index in [0.717, 1.165) is 16.0 Å². The molecule has 0 saturated carbocycles. The third-order valence-electron chi connectivity index (χ3n) is 14.3. The van der Waals surface area contributed by atoms with Crippen LogP contribution in [0.25, 0.3) is 22.3 Å². The third kappa shape index (κ3) is 4.75. The molecule has 0 N–H and O–H groups in total. The summed E-state index contributed by atoms with van der Waals surface area (Å²) in [6.45, 7) is 25.0. The van der Waals surface area contributed by atoms with Gasteiger partial charge in [-0.2, -0.15) is 0 Å². The molecule has 0 bridgehead atoms.